The highest BCUT2D eigenvalue weighted by Crippen LogP contribution is 2.36. The van der Waals surface area contributed by atoms with Gasteiger partial charge < -0.3 is 9.47 Å². The van der Waals surface area contributed by atoms with Gasteiger partial charge in [0.05, 0.1) is 19.8 Å². The van der Waals surface area contributed by atoms with Gasteiger partial charge in [0.25, 0.3) is 0 Å². The molecular formula is C12H14O3. The number of rotatable bonds is 4. The summed E-state index contributed by atoms with van der Waals surface area (Å²) in [5.74, 6) is 0.0390. The van der Waals surface area contributed by atoms with E-state index in [9.17, 15) is 4.79 Å². The number of hydrogen-bond acceptors (Lipinski definition) is 3. The fraction of sp³-hybridized carbons (Fsp3) is 0.417. The van der Waals surface area contributed by atoms with E-state index in [1.54, 1.807) is 6.08 Å². The van der Waals surface area contributed by atoms with E-state index in [4.69, 9.17) is 9.47 Å². The molecule has 2 aliphatic rings. The number of Topliss-reactive ketones (excluding diaryl/α,β-unsaturated/α-hetero) is 1. The van der Waals surface area contributed by atoms with Gasteiger partial charge in [0, 0.05) is 5.57 Å². The van der Waals surface area contributed by atoms with Crippen LogP contribution in [0.25, 0.3) is 0 Å². The molecule has 3 nitrogen and oxygen atoms in total. The van der Waals surface area contributed by atoms with E-state index in [1.807, 2.05) is 19.1 Å². The first-order valence-corrected chi connectivity index (χ1v) is 4.95. The number of hydrogen-bond donors (Lipinski definition) is 0. The van der Waals surface area contributed by atoms with Crippen LogP contribution >= 0.6 is 0 Å². The van der Waals surface area contributed by atoms with Crippen LogP contribution in [0.4, 0.5) is 0 Å². The maximum absolute atomic E-state index is 11.9. The zero-order valence-corrected chi connectivity index (χ0v) is 8.79. The maximum atomic E-state index is 11.9. The average Bonchev–Trinajstić information content (AvgIpc) is 2.95. The van der Waals surface area contributed by atoms with Crippen molar-refractivity contribution in [3.8, 4) is 0 Å². The lowest BCUT2D eigenvalue weighted by Crippen LogP contribution is -2.29. The minimum atomic E-state index is -0.647. The topological polar surface area (TPSA) is 38.8 Å². The first-order chi connectivity index (χ1) is 7.18. The van der Waals surface area contributed by atoms with E-state index >= 15 is 0 Å². The number of epoxide rings is 1. The minimum absolute atomic E-state index is 0.0390. The van der Waals surface area contributed by atoms with Gasteiger partial charge in [0.1, 0.15) is 0 Å². The molecule has 0 radical (unpaired) electrons. The van der Waals surface area contributed by atoms with Gasteiger partial charge in [-0.05, 0) is 13.0 Å². The Morgan fingerprint density at radius 3 is 3.07 bits per heavy atom. The molecule has 15 heavy (non-hydrogen) atoms. The number of carbonyl (C=O) groups excluding carboxylic acids is 1. The second-order valence-corrected chi connectivity index (χ2v) is 3.87. The van der Waals surface area contributed by atoms with Crippen molar-refractivity contribution in [3.05, 3.63) is 36.0 Å². The molecule has 0 saturated carbocycles. The highest BCUT2D eigenvalue weighted by molar-refractivity contribution is 6.07. The molecule has 0 aromatic rings. The molecule has 0 aromatic carbocycles. The Morgan fingerprint density at radius 2 is 2.47 bits per heavy atom. The van der Waals surface area contributed by atoms with Crippen molar-refractivity contribution in [1.82, 2.24) is 0 Å². The first kappa shape index (κ1) is 10.3. The molecule has 1 saturated heterocycles. The summed E-state index contributed by atoms with van der Waals surface area (Å²) in [5, 5.41) is 0. The van der Waals surface area contributed by atoms with E-state index in [1.165, 1.54) is 0 Å². The molecule has 0 N–H and O–H groups in total. The maximum Gasteiger partial charge on any atom is 0.199 e. The van der Waals surface area contributed by atoms with Gasteiger partial charge in [0.15, 0.2) is 11.4 Å². The van der Waals surface area contributed by atoms with Gasteiger partial charge in [-0.1, -0.05) is 17.7 Å². The van der Waals surface area contributed by atoms with Crippen molar-refractivity contribution < 1.29 is 14.3 Å². The molecular weight excluding hydrogens is 192 g/mol. The fourth-order valence-corrected chi connectivity index (χ4v) is 1.74. The quantitative estimate of drug-likeness (QED) is 0.396. The summed E-state index contributed by atoms with van der Waals surface area (Å²) in [6, 6.07) is 0. The van der Waals surface area contributed by atoms with Crippen molar-refractivity contribution >= 4 is 5.78 Å². The molecule has 1 aliphatic carbocycles. The van der Waals surface area contributed by atoms with Crippen LogP contribution in [0.2, 0.25) is 0 Å². The molecule has 80 valence electrons. The second kappa shape index (κ2) is 3.76. The monoisotopic (exact) mass is 206 g/mol. The Bertz CT molecular complexity index is 359. The van der Waals surface area contributed by atoms with Crippen LogP contribution in [0.15, 0.2) is 36.0 Å². The summed E-state index contributed by atoms with van der Waals surface area (Å²) in [6.45, 7) is 6.81. The molecule has 1 spiro atoms. The van der Waals surface area contributed by atoms with E-state index in [-0.39, 0.29) is 5.78 Å². The van der Waals surface area contributed by atoms with Crippen LogP contribution < -0.4 is 0 Å². The van der Waals surface area contributed by atoms with Gasteiger partial charge in [0.2, 0.25) is 0 Å². The molecule has 3 heteroatoms. The van der Waals surface area contributed by atoms with Gasteiger partial charge >= 0.3 is 0 Å². The van der Waals surface area contributed by atoms with Crippen molar-refractivity contribution in [2.45, 2.75) is 12.5 Å². The Kier molecular flexibility index (Phi) is 2.59. The van der Waals surface area contributed by atoms with E-state index in [0.29, 0.717) is 25.4 Å². The van der Waals surface area contributed by atoms with Crippen LogP contribution in [-0.4, -0.2) is 31.2 Å². The lowest BCUT2D eigenvalue weighted by atomic mass is 9.90. The summed E-state index contributed by atoms with van der Waals surface area (Å²) in [4.78, 5) is 11.9. The van der Waals surface area contributed by atoms with Crippen LogP contribution in [0, 0.1) is 0 Å². The molecule has 2 rings (SSSR count). The summed E-state index contributed by atoms with van der Waals surface area (Å²) >= 11 is 0. The standard InChI is InChI=1S/C12H14O3/c1-3-4-14-7-10-5-9(2)6-12(8-15-12)11(10)13/h3,5-6H,1,4,7-8H2,2H3. The third-order valence-corrected chi connectivity index (χ3v) is 2.49. The summed E-state index contributed by atoms with van der Waals surface area (Å²) in [7, 11) is 0. The third kappa shape index (κ3) is 1.94. The average molecular weight is 206 g/mol. The predicted molar refractivity (Wildman–Crippen MR) is 56.5 cm³/mol. The number of allylic oxidation sites excluding steroid dienone is 2. The highest BCUT2D eigenvalue weighted by Gasteiger charge is 2.52. The molecule has 0 bridgehead atoms. The molecule has 0 amide bonds. The number of ketones is 1. The normalized spacial score (nSPS) is 28.7. The van der Waals surface area contributed by atoms with Crippen molar-refractivity contribution in [3.63, 3.8) is 0 Å². The molecule has 1 heterocycles. The lowest BCUT2D eigenvalue weighted by Gasteiger charge is -2.15. The Hall–Kier alpha value is -1.19. The van der Waals surface area contributed by atoms with Crippen LogP contribution in [0.3, 0.4) is 0 Å². The minimum Gasteiger partial charge on any atom is -0.373 e. The molecule has 1 aliphatic heterocycles. The van der Waals surface area contributed by atoms with Gasteiger partial charge in [-0.2, -0.15) is 0 Å². The summed E-state index contributed by atoms with van der Waals surface area (Å²) < 4.78 is 10.5. The SMILES string of the molecule is C=CCOCC1=CC(C)=CC2(CO2)C1=O. The van der Waals surface area contributed by atoms with E-state index in [0.717, 1.165) is 5.57 Å². The summed E-state index contributed by atoms with van der Waals surface area (Å²) in [5.41, 5.74) is 1.10. The predicted octanol–water partition coefficient (Wildman–Crippen LogP) is 1.41. The van der Waals surface area contributed by atoms with Crippen molar-refractivity contribution in [2.24, 2.45) is 0 Å². The Morgan fingerprint density at radius 1 is 1.73 bits per heavy atom. The van der Waals surface area contributed by atoms with Gasteiger partial charge in [-0.3, -0.25) is 4.79 Å². The lowest BCUT2D eigenvalue weighted by molar-refractivity contribution is -0.119. The second-order valence-electron chi connectivity index (χ2n) is 3.87. The fourth-order valence-electron chi connectivity index (χ4n) is 1.74. The largest absolute Gasteiger partial charge is 0.373 e. The van der Waals surface area contributed by atoms with Crippen molar-refractivity contribution in [1.29, 1.82) is 0 Å². The number of carbonyl (C=O) groups is 1. The smallest absolute Gasteiger partial charge is 0.199 e. The van der Waals surface area contributed by atoms with E-state index < -0.39 is 5.60 Å². The van der Waals surface area contributed by atoms with Crippen LogP contribution in [0.5, 0.6) is 0 Å². The first-order valence-electron chi connectivity index (χ1n) is 4.95. The zero-order chi connectivity index (χ0) is 10.9. The Balaban J connectivity index is 2.07. The molecule has 1 fully saturated rings. The zero-order valence-electron chi connectivity index (χ0n) is 8.79. The van der Waals surface area contributed by atoms with Crippen LogP contribution in [0.1, 0.15) is 6.92 Å². The van der Waals surface area contributed by atoms with Gasteiger partial charge in [-0.15, -0.1) is 6.58 Å². The van der Waals surface area contributed by atoms with Gasteiger partial charge in [-0.25, -0.2) is 0 Å². The molecule has 1 atom stereocenters. The highest BCUT2D eigenvalue weighted by atomic mass is 16.6. The number of ether oxygens (including phenoxy) is 2. The summed E-state index contributed by atoms with van der Waals surface area (Å²) in [6.07, 6.45) is 5.41. The Labute approximate surface area is 89.1 Å². The van der Waals surface area contributed by atoms with Crippen LogP contribution in [-0.2, 0) is 14.3 Å². The van der Waals surface area contributed by atoms with E-state index in [2.05, 4.69) is 6.58 Å². The molecule has 0 aromatic heterocycles. The van der Waals surface area contributed by atoms with Crippen molar-refractivity contribution in [2.75, 3.05) is 19.8 Å². The molecule has 1 unspecified atom stereocenters. The third-order valence-electron chi connectivity index (χ3n) is 2.49.